The van der Waals surface area contributed by atoms with Crippen LogP contribution in [0.1, 0.15) is 15.9 Å². The molecule has 0 unspecified atom stereocenters. The summed E-state index contributed by atoms with van der Waals surface area (Å²) in [6, 6.07) is 10.2. The minimum atomic E-state index is -1.04. The minimum absolute atomic E-state index is 0.0376. The Morgan fingerprint density at radius 3 is 2.46 bits per heavy atom. The third-order valence-electron chi connectivity index (χ3n) is 3.45. The lowest BCUT2D eigenvalue weighted by molar-refractivity contribution is 0.0697. The van der Waals surface area contributed by atoms with Crippen LogP contribution in [-0.2, 0) is 0 Å². The zero-order chi connectivity index (χ0) is 17.3. The summed E-state index contributed by atoms with van der Waals surface area (Å²) in [5.41, 5.74) is 0.855. The maximum atomic E-state index is 11.6. The predicted octanol–water partition coefficient (Wildman–Crippen LogP) is 3.92. The monoisotopic (exact) mass is 324 g/mol. The number of hydrogen-bond donors (Lipinski definition) is 2. The van der Waals surface area contributed by atoms with Crippen LogP contribution in [0, 0.1) is 6.92 Å². The summed E-state index contributed by atoms with van der Waals surface area (Å²) < 4.78 is 5.15. The van der Waals surface area contributed by atoms with E-state index in [2.05, 4.69) is 10.2 Å². The second-order valence-electron chi connectivity index (χ2n) is 5.11. The number of aromatic hydroxyl groups is 1. The van der Waals surface area contributed by atoms with Crippen molar-refractivity contribution >= 4 is 28.3 Å². The van der Waals surface area contributed by atoms with Gasteiger partial charge in [0.2, 0.25) is 0 Å². The van der Waals surface area contributed by atoms with Gasteiger partial charge in [-0.15, -0.1) is 5.11 Å². The Morgan fingerprint density at radius 1 is 1.08 bits per heavy atom. The molecule has 0 aliphatic heterocycles. The van der Waals surface area contributed by atoms with Crippen LogP contribution in [0.2, 0.25) is 0 Å². The van der Waals surface area contributed by atoms with E-state index < -0.39 is 11.6 Å². The van der Waals surface area contributed by atoms with Crippen LogP contribution >= 0.6 is 0 Å². The Bertz CT molecular complexity index is 1020. The Hall–Kier alpha value is -3.48. The highest BCUT2D eigenvalue weighted by atomic mass is 16.4. The quantitative estimate of drug-likeness (QED) is 0.560. The molecule has 3 aromatic rings. The number of carboxylic acid groups (broad SMARTS) is 1. The van der Waals surface area contributed by atoms with Crippen molar-refractivity contribution in [3.8, 4) is 5.75 Å². The van der Waals surface area contributed by atoms with Crippen molar-refractivity contribution < 1.29 is 19.4 Å². The van der Waals surface area contributed by atoms with Gasteiger partial charge in [0.05, 0.1) is 11.3 Å². The fourth-order valence-corrected chi connectivity index (χ4v) is 2.23. The number of nitrogens with zero attached hydrogens (tertiary/aromatic N) is 2. The van der Waals surface area contributed by atoms with Crippen molar-refractivity contribution in [1.29, 1.82) is 0 Å². The van der Waals surface area contributed by atoms with Crippen LogP contribution in [0.15, 0.2) is 61.9 Å². The molecule has 1 heterocycles. The van der Waals surface area contributed by atoms with Crippen molar-refractivity contribution in [3.63, 3.8) is 0 Å². The van der Waals surface area contributed by atoms with Crippen LogP contribution in [0.25, 0.3) is 11.0 Å². The Kier molecular flexibility index (Phi) is 3.83. The average molecular weight is 324 g/mol. The molecule has 0 atom stereocenters. The highest BCUT2D eigenvalue weighted by Crippen LogP contribution is 2.36. The van der Waals surface area contributed by atoms with Crippen LogP contribution < -0.4 is 5.63 Å². The van der Waals surface area contributed by atoms with E-state index in [1.807, 2.05) is 0 Å². The maximum absolute atomic E-state index is 11.6. The highest BCUT2D eigenvalue weighted by Gasteiger charge is 2.12. The normalized spacial score (nSPS) is 11.2. The third-order valence-corrected chi connectivity index (χ3v) is 3.45. The average Bonchev–Trinajstić information content (AvgIpc) is 2.54. The standard InChI is InChI=1S/C17H12N2O5/c1-9-8-14(21)24-16-12(9)6-7-13(20)15(16)19-18-11-4-2-10(3-5-11)17(22)23/h2-8,20H,1H3,(H,22,23)/b19-18+. The number of hydrogen-bond acceptors (Lipinski definition) is 6. The van der Waals surface area contributed by atoms with Gasteiger partial charge in [0, 0.05) is 11.5 Å². The number of rotatable bonds is 3. The van der Waals surface area contributed by atoms with Gasteiger partial charge >= 0.3 is 11.6 Å². The smallest absolute Gasteiger partial charge is 0.336 e. The van der Waals surface area contributed by atoms with Gasteiger partial charge in [0.15, 0.2) is 11.3 Å². The van der Waals surface area contributed by atoms with E-state index in [1.54, 1.807) is 13.0 Å². The molecule has 0 radical (unpaired) electrons. The molecule has 7 nitrogen and oxygen atoms in total. The van der Waals surface area contributed by atoms with Crippen molar-refractivity contribution in [2.24, 2.45) is 10.2 Å². The molecule has 24 heavy (non-hydrogen) atoms. The molecule has 0 aliphatic rings. The number of phenols is 1. The van der Waals surface area contributed by atoms with Crippen molar-refractivity contribution in [2.75, 3.05) is 0 Å². The van der Waals surface area contributed by atoms with Crippen molar-refractivity contribution in [2.45, 2.75) is 6.92 Å². The molecule has 2 aromatic carbocycles. The fraction of sp³-hybridized carbons (Fsp3) is 0.0588. The van der Waals surface area contributed by atoms with Gasteiger partial charge in [-0.05, 0) is 48.9 Å². The lowest BCUT2D eigenvalue weighted by Gasteiger charge is -2.04. The fourth-order valence-electron chi connectivity index (χ4n) is 2.23. The first-order chi connectivity index (χ1) is 11.5. The van der Waals surface area contributed by atoms with E-state index in [4.69, 9.17) is 9.52 Å². The second-order valence-corrected chi connectivity index (χ2v) is 5.11. The van der Waals surface area contributed by atoms with Gasteiger partial charge < -0.3 is 14.6 Å². The first-order valence-electron chi connectivity index (χ1n) is 6.97. The molecule has 0 fully saturated rings. The summed E-state index contributed by atoms with van der Waals surface area (Å²) in [7, 11) is 0. The van der Waals surface area contributed by atoms with Crippen LogP contribution in [-0.4, -0.2) is 16.2 Å². The van der Waals surface area contributed by atoms with E-state index in [1.165, 1.54) is 36.4 Å². The van der Waals surface area contributed by atoms with Crippen molar-refractivity contribution in [1.82, 2.24) is 0 Å². The molecule has 2 N–H and O–H groups in total. The lowest BCUT2D eigenvalue weighted by Crippen LogP contribution is -1.97. The number of carbonyl (C=O) groups is 1. The summed E-state index contributed by atoms with van der Waals surface area (Å²) in [5, 5.41) is 27.4. The molecular formula is C17H12N2O5. The van der Waals surface area contributed by atoms with Gasteiger partial charge in [-0.1, -0.05) is 0 Å². The number of azo groups is 1. The van der Waals surface area contributed by atoms with E-state index in [-0.39, 0.29) is 22.6 Å². The predicted molar refractivity (Wildman–Crippen MR) is 86.5 cm³/mol. The lowest BCUT2D eigenvalue weighted by atomic mass is 10.1. The number of aryl methyl sites for hydroxylation is 1. The number of aromatic carboxylic acids is 1. The topological polar surface area (TPSA) is 112 Å². The molecule has 0 saturated carbocycles. The largest absolute Gasteiger partial charge is 0.505 e. The Morgan fingerprint density at radius 2 is 1.79 bits per heavy atom. The van der Waals surface area contributed by atoms with Gasteiger partial charge in [0.25, 0.3) is 0 Å². The molecule has 1 aromatic heterocycles. The number of fused-ring (bicyclic) bond motifs is 1. The van der Waals surface area contributed by atoms with Gasteiger partial charge in [-0.25, -0.2) is 9.59 Å². The molecule has 7 heteroatoms. The summed E-state index contributed by atoms with van der Waals surface area (Å²) >= 11 is 0. The SMILES string of the molecule is Cc1cc(=O)oc2c(/N=N/c3ccc(C(=O)O)cc3)c(O)ccc12. The minimum Gasteiger partial charge on any atom is -0.505 e. The van der Waals surface area contributed by atoms with Crippen LogP contribution in [0.5, 0.6) is 5.75 Å². The third kappa shape index (κ3) is 2.87. The summed E-state index contributed by atoms with van der Waals surface area (Å²) in [5.74, 6) is -1.22. The Balaban J connectivity index is 2.07. The summed E-state index contributed by atoms with van der Waals surface area (Å²) in [6.45, 7) is 1.75. The zero-order valence-corrected chi connectivity index (χ0v) is 12.6. The number of benzene rings is 2. The second kappa shape index (κ2) is 5.96. The highest BCUT2D eigenvalue weighted by molar-refractivity contribution is 5.92. The molecule has 0 spiro atoms. The maximum Gasteiger partial charge on any atom is 0.336 e. The van der Waals surface area contributed by atoms with Crippen LogP contribution in [0.3, 0.4) is 0 Å². The first kappa shape index (κ1) is 15.4. The van der Waals surface area contributed by atoms with Crippen molar-refractivity contribution in [3.05, 3.63) is 64.0 Å². The van der Waals surface area contributed by atoms with E-state index in [9.17, 15) is 14.7 Å². The summed E-state index contributed by atoms with van der Waals surface area (Å²) in [6.07, 6.45) is 0. The van der Waals surface area contributed by atoms with E-state index in [0.717, 1.165) is 0 Å². The van der Waals surface area contributed by atoms with Crippen LogP contribution in [0.4, 0.5) is 11.4 Å². The van der Waals surface area contributed by atoms with Gasteiger partial charge in [-0.3, -0.25) is 0 Å². The molecule has 0 bridgehead atoms. The number of phenolic OH excluding ortho intramolecular Hbond substituents is 1. The molecule has 3 rings (SSSR count). The van der Waals surface area contributed by atoms with E-state index >= 15 is 0 Å². The van der Waals surface area contributed by atoms with Gasteiger partial charge in [-0.2, -0.15) is 5.11 Å². The summed E-state index contributed by atoms with van der Waals surface area (Å²) in [4.78, 5) is 22.4. The molecule has 120 valence electrons. The van der Waals surface area contributed by atoms with Gasteiger partial charge in [0.1, 0.15) is 5.75 Å². The van der Waals surface area contributed by atoms with E-state index in [0.29, 0.717) is 16.6 Å². The molecule has 0 saturated heterocycles. The molecular weight excluding hydrogens is 312 g/mol. The zero-order valence-electron chi connectivity index (χ0n) is 12.6. The Labute approximate surface area is 135 Å². The first-order valence-corrected chi connectivity index (χ1v) is 6.97. The number of carboxylic acids is 1. The molecule has 0 amide bonds. The molecule has 0 aliphatic carbocycles.